The van der Waals surface area contributed by atoms with Crippen molar-refractivity contribution in [2.45, 2.75) is 6.92 Å². The SMILES string of the molecule is Cc1ccn2c(N)c(-c3c(Cl)cccc3Cl)nc2c1. The largest absolute Gasteiger partial charge is 0.383 e. The van der Waals surface area contributed by atoms with Gasteiger partial charge >= 0.3 is 0 Å². The predicted octanol–water partition coefficient (Wildman–Crippen LogP) is 4.20. The lowest BCUT2D eigenvalue weighted by Crippen LogP contribution is -1.94. The number of nitrogens with zero attached hydrogens (tertiary/aromatic N) is 2. The van der Waals surface area contributed by atoms with E-state index in [1.165, 1.54) is 0 Å². The van der Waals surface area contributed by atoms with Gasteiger partial charge in [0.15, 0.2) is 0 Å². The zero-order valence-electron chi connectivity index (χ0n) is 10.2. The molecule has 0 saturated heterocycles. The third kappa shape index (κ3) is 1.95. The summed E-state index contributed by atoms with van der Waals surface area (Å²) in [6, 6.07) is 9.28. The number of benzene rings is 1. The van der Waals surface area contributed by atoms with Crippen LogP contribution >= 0.6 is 23.2 Å². The summed E-state index contributed by atoms with van der Waals surface area (Å²) in [5.41, 5.74) is 9.33. The molecule has 19 heavy (non-hydrogen) atoms. The van der Waals surface area contributed by atoms with Crippen molar-refractivity contribution in [3.8, 4) is 11.3 Å². The maximum absolute atomic E-state index is 6.21. The van der Waals surface area contributed by atoms with Crippen molar-refractivity contribution in [1.29, 1.82) is 0 Å². The number of pyridine rings is 1. The fourth-order valence-corrected chi connectivity index (χ4v) is 2.65. The van der Waals surface area contributed by atoms with Crippen molar-refractivity contribution < 1.29 is 0 Å². The Morgan fingerprint density at radius 1 is 1.16 bits per heavy atom. The van der Waals surface area contributed by atoms with E-state index < -0.39 is 0 Å². The molecule has 1 aromatic carbocycles. The smallest absolute Gasteiger partial charge is 0.139 e. The number of hydrogen-bond acceptors (Lipinski definition) is 2. The lowest BCUT2D eigenvalue weighted by atomic mass is 10.1. The lowest BCUT2D eigenvalue weighted by molar-refractivity contribution is 1.18. The molecule has 0 aliphatic carbocycles. The normalized spacial score (nSPS) is 11.1. The molecule has 0 radical (unpaired) electrons. The Morgan fingerprint density at radius 2 is 1.84 bits per heavy atom. The summed E-state index contributed by atoms with van der Waals surface area (Å²) in [7, 11) is 0. The second-order valence-corrected chi connectivity index (χ2v) is 5.19. The van der Waals surface area contributed by atoms with E-state index in [0.29, 0.717) is 27.1 Å². The molecule has 5 heteroatoms. The number of nitrogen functional groups attached to an aromatic ring is 1. The van der Waals surface area contributed by atoms with E-state index in [1.54, 1.807) is 18.2 Å². The molecule has 0 atom stereocenters. The second-order valence-electron chi connectivity index (χ2n) is 4.37. The van der Waals surface area contributed by atoms with E-state index in [-0.39, 0.29) is 0 Å². The van der Waals surface area contributed by atoms with Crippen LogP contribution < -0.4 is 5.73 Å². The summed E-state index contributed by atoms with van der Waals surface area (Å²) in [4.78, 5) is 4.53. The van der Waals surface area contributed by atoms with Crippen molar-refractivity contribution in [2.24, 2.45) is 0 Å². The van der Waals surface area contributed by atoms with E-state index >= 15 is 0 Å². The third-order valence-electron chi connectivity index (χ3n) is 3.02. The number of nitrogens with two attached hydrogens (primary N) is 1. The molecule has 3 rings (SSSR count). The lowest BCUT2D eigenvalue weighted by Gasteiger charge is -2.04. The number of halogens is 2. The van der Waals surface area contributed by atoms with Crippen molar-refractivity contribution in [2.75, 3.05) is 5.73 Å². The Morgan fingerprint density at radius 3 is 2.53 bits per heavy atom. The highest BCUT2D eigenvalue weighted by Gasteiger charge is 2.16. The first-order valence-corrected chi connectivity index (χ1v) is 6.52. The van der Waals surface area contributed by atoms with Gasteiger partial charge in [-0.1, -0.05) is 29.3 Å². The number of aryl methyl sites for hydroxylation is 1. The summed E-state index contributed by atoms with van der Waals surface area (Å²) >= 11 is 12.4. The molecule has 0 fully saturated rings. The van der Waals surface area contributed by atoms with Crippen LogP contribution in [0.5, 0.6) is 0 Å². The average molecular weight is 292 g/mol. The zero-order valence-corrected chi connectivity index (χ0v) is 11.7. The number of rotatable bonds is 1. The summed E-state index contributed by atoms with van der Waals surface area (Å²) in [5.74, 6) is 0.532. The predicted molar refractivity (Wildman–Crippen MR) is 79.8 cm³/mol. The average Bonchev–Trinajstić information content (AvgIpc) is 2.66. The Bertz CT molecular complexity index is 757. The van der Waals surface area contributed by atoms with Gasteiger partial charge in [0.2, 0.25) is 0 Å². The van der Waals surface area contributed by atoms with Crippen LogP contribution in [0.3, 0.4) is 0 Å². The van der Waals surface area contributed by atoms with Gasteiger partial charge in [0.25, 0.3) is 0 Å². The molecule has 0 saturated carbocycles. The fourth-order valence-electron chi connectivity index (χ4n) is 2.07. The van der Waals surface area contributed by atoms with Crippen LogP contribution in [0, 0.1) is 6.92 Å². The third-order valence-corrected chi connectivity index (χ3v) is 3.65. The molecule has 0 unspecified atom stereocenters. The van der Waals surface area contributed by atoms with Gasteiger partial charge in [0, 0.05) is 11.8 Å². The first-order chi connectivity index (χ1) is 9.08. The van der Waals surface area contributed by atoms with Crippen LogP contribution in [0.25, 0.3) is 16.9 Å². The molecule has 3 nitrogen and oxygen atoms in total. The van der Waals surface area contributed by atoms with Crippen molar-refractivity contribution >= 4 is 34.7 Å². The van der Waals surface area contributed by atoms with E-state index in [0.717, 1.165) is 11.2 Å². The van der Waals surface area contributed by atoms with Crippen LogP contribution in [-0.4, -0.2) is 9.38 Å². The molecule has 3 aromatic rings. The first kappa shape index (κ1) is 12.3. The Hall–Kier alpha value is -1.71. The van der Waals surface area contributed by atoms with E-state index in [9.17, 15) is 0 Å². The Balaban J connectivity index is 2.34. The topological polar surface area (TPSA) is 43.3 Å². The minimum atomic E-state index is 0.532. The zero-order chi connectivity index (χ0) is 13.6. The van der Waals surface area contributed by atoms with Crippen LogP contribution in [0.15, 0.2) is 36.5 Å². The van der Waals surface area contributed by atoms with Gasteiger partial charge in [0.05, 0.1) is 10.0 Å². The molecule has 96 valence electrons. The number of hydrogen-bond donors (Lipinski definition) is 1. The summed E-state index contributed by atoms with van der Waals surface area (Å²) < 4.78 is 1.82. The van der Waals surface area contributed by atoms with Crippen LogP contribution in [0.4, 0.5) is 5.82 Å². The maximum atomic E-state index is 6.21. The van der Waals surface area contributed by atoms with Gasteiger partial charge in [-0.25, -0.2) is 4.98 Å². The van der Waals surface area contributed by atoms with Crippen LogP contribution in [0.2, 0.25) is 10.0 Å². The number of fused-ring (bicyclic) bond motifs is 1. The van der Waals surface area contributed by atoms with Gasteiger partial charge in [-0.15, -0.1) is 0 Å². The quantitative estimate of drug-likeness (QED) is 0.730. The highest BCUT2D eigenvalue weighted by molar-refractivity contribution is 6.39. The molecule has 0 bridgehead atoms. The molecule has 0 aliphatic rings. The van der Waals surface area contributed by atoms with Crippen LogP contribution in [-0.2, 0) is 0 Å². The monoisotopic (exact) mass is 291 g/mol. The molecule has 0 aliphatic heterocycles. The molecule has 2 heterocycles. The van der Waals surface area contributed by atoms with Gasteiger partial charge in [-0.2, -0.15) is 0 Å². The highest BCUT2D eigenvalue weighted by atomic mass is 35.5. The van der Waals surface area contributed by atoms with E-state index in [1.807, 2.05) is 29.7 Å². The van der Waals surface area contributed by atoms with Crippen molar-refractivity contribution in [3.63, 3.8) is 0 Å². The minimum Gasteiger partial charge on any atom is -0.383 e. The fraction of sp³-hybridized carbons (Fsp3) is 0.0714. The van der Waals surface area contributed by atoms with Gasteiger partial charge in [-0.05, 0) is 36.8 Å². The van der Waals surface area contributed by atoms with Crippen molar-refractivity contribution in [1.82, 2.24) is 9.38 Å². The second kappa shape index (κ2) is 4.44. The molecule has 0 amide bonds. The van der Waals surface area contributed by atoms with Gasteiger partial charge < -0.3 is 5.73 Å². The van der Waals surface area contributed by atoms with Gasteiger partial charge in [-0.3, -0.25) is 4.40 Å². The number of imidazole rings is 1. The standard InChI is InChI=1S/C14H11Cl2N3/c1-8-5-6-19-11(7-8)18-13(14(19)17)12-9(15)3-2-4-10(12)16/h2-7H,17H2,1H3. The Kier molecular flexibility index (Phi) is 2.88. The molecule has 0 spiro atoms. The van der Waals surface area contributed by atoms with E-state index in [4.69, 9.17) is 28.9 Å². The summed E-state index contributed by atoms with van der Waals surface area (Å²) in [5, 5.41) is 1.08. The molecule has 2 N–H and O–H groups in total. The van der Waals surface area contributed by atoms with Crippen LogP contribution in [0.1, 0.15) is 5.56 Å². The summed E-state index contributed by atoms with van der Waals surface area (Å²) in [6.07, 6.45) is 1.89. The number of aromatic nitrogens is 2. The molecular weight excluding hydrogens is 281 g/mol. The van der Waals surface area contributed by atoms with Gasteiger partial charge in [0.1, 0.15) is 17.2 Å². The molecular formula is C14H11Cl2N3. The first-order valence-electron chi connectivity index (χ1n) is 5.76. The minimum absolute atomic E-state index is 0.532. The summed E-state index contributed by atoms with van der Waals surface area (Å²) in [6.45, 7) is 2.01. The number of anilines is 1. The highest BCUT2D eigenvalue weighted by Crippen LogP contribution is 2.37. The molecule has 2 aromatic heterocycles. The van der Waals surface area contributed by atoms with E-state index in [2.05, 4.69) is 4.98 Å². The van der Waals surface area contributed by atoms with Crippen molar-refractivity contribution in [3.05, 3.63) is 52.1 Å². The maximum Gasteiger partial charge on any atom is 0.139 e. The Labute approximate surface area is 120 Å².